The Hall–Kier alpha value is -0.0800. The lowest BCUT2D eigenvalue weighted by atomic mass is 10.0. The summed E-state index contributed by atoms with van der Waals surface area (Å²) in [5.41, 5.74) is 0. The van der Waals surface area contributed by atoms with E-state index in [4.69, 9.17) is 0 Å². The fourth-order valence-electron chi connectivity index (χ4n) is 2.79. The highest BCUT2D eigenvalue weighted by Crippen LogP contribution is 2.23. The Morgan fingerprint density at radius 2 is 2.00 bits per heavy atom. The molecule has 1 aliphatic rings. The lowest BCUT2D eigenvalue weighted by Crippen LogP contribution is -2.34. The van der Waals surface area contributed by atoms with Crippen molar-refractivity contribution in [3.05, 3.63) is 0 Å². The summed E-state index contributed by atoms with van der Waals surface area (Å²) in [5, 5.41) is 3.31. The third-order valence-corrected chi connectivity index (χ3v) is 4.01. The van der Waals surface area contributed by atoms with E-state index in [1.165, 1.54) is 45.2 Å². The molecule has 1 saturated heterocycles. The van der Waals surface area contributed by atoms with Crippen molar-refractivity contribution in [2.45, 2.75) is 65.0 Å². The standard InChI is InChI=1S/C14H30N2/c1-12(2)14-9-7-11-16(14)10-6-5-8-13(3)15-4/h12-15H,5-11H2,1-4H3. The van der Waals surface area contributed by atoms with Crippen LogP contribution in [0.5, 0.6) is 0 Å². The van der Waals surface area contributed by atoms with E-state index in [0.717, 1.165) is 12.0 Å². The lowest BCUT2D eigenvalue weighted by Gasteiger charge is -2.27. The first kappa shape index (κ1) is 14.0. The average Bonchev–Trinajstić information content (AvgIpc) is 2.72. The van der Waals surface area contributed by atoms with Crippen molar-refractivity contribution in [2.75, 3.05) is 20.1 Å². The predicted octanol–water partition coefficient (Wildman–Crippen LogP) is 2.89. The van der Waals surface area contributed by atoms with Gasteiger partial charge in [-0.05, 0) is 58.7 Å². The molecule has 1 heterocycles. The van der Waals surface area contributed by atoms with Crippen LogP contribution in [0.2, 0.25) is 0 Å². The molecule has 16 heavy (non-hydrogen) atoms. The van der Waals surface area contributed by atoms with Gasteiger partial charge in [0, 0.05) is 12.1 Å². The summed E-state index contributed by atoms with van der Waals surface area (Å²) >= 11 is 0. The maximum absolute atomic E-state index is 3.31. The first-order valence-electron chi connectivity index (χ1n) is 7.06. The summed E-state index contributed by atoms with van der Waals surface area (Å²) in [6.45, 7) is 9.66. The van der Waals surface area contributed by atoms with Gasteiger partial charge in [0.05, 0.1) is 0 Å². The van der Waals surface area contributed by atoms with Gasteiger partial charge in [0.15, 0.2) is 0 Å². The first-order valence-corrected chi connectivity index (χ1v) is 7.06. The Morgan fingerprint density at radius 1 is 1.25 bits per heavy atom. The van der Waals surface area contributed by atoms with Gasteiger partial charge in [-0.2, -0.15) is 0 Å². The molecule has 2 heteroatoms. The Labute approximate surface area is 102 Å². The average molecular weight is 226 g/mol. The van der Waals surface area contributed by atoms with E-state index < -0.39 is 0 Å². The van der Waals surface area contributed by atoms with Gasteiger partial charge in [0.25, 0.3) is 0 Å². The Balaban J connectivity index is 2.12. The van der Waals surface area contributed by atoms with E-state index >= 15 is 0 Å². The van der Waals surface area contributed by atoms with Gasteiger partial charge in [-0.1, -0.05) is 20.3 Å². The molecule has 2 nitrogen and oxygen atoms in total. The summed E-state index contributed by atoms with van der Waals surface area (Å²) in [6.07, 6.45) is 6.88. The minimum absolute atomic E-state index is 0.680. The summed E-state index contributed by atoms with van der Waals surface area (Å²) in [7, 11) is 2.06. The van der Waals surface area contributed by atoms with Crippen LogP contribution in [0.3, 0.4) is 0 Å². The molecule has 0 spiro atoms. The quantitative estimate of drug-likeness (QED) is 0.672. The van der Waals surface area contributed by atoms with Gasteiger partial charge in [-0.25, -0.2) is 0 Å². The largest absolute Gasteiger partial charge is 0.317 e. The number of nitrogens with zero attached hydrogens (tertiary/aromatic N) is 1. The maximum Gasteiger partial charge on any atom is 0.0119 e. The second kappa shape index (κ2) is 7.29. The second-order valence-electron chi connectivity index (χ2n) is 5.68. The van der Waals surface area contributed by atoms with Gasteiger partial charge in [-0.15, -0.1) is 0 Å². The molecule has 1 N–H and O–H groups in total. The van der Waals surface area contributed by atoms with Crippen molar-refractivity contribution < 1.29 is 0 Å². The monoisotopic (exact) mass is 226 g/mol. The molecule has 0 bridgehead atoms. The smallest absolute Gasteiger partial charge is 0.0119 e. The molecule has 2 atom stereocenters. The molecule has 2 unspecified atom stereocenters. The van der Waals surface area contributed by atoms with Crippen LogP contribution in [0.4, 0.5) is 0 Å². The zero-order chi connectivity index (χ0) is 12.0. The molecule has 1 fully saturated rings. The third kappa shape index (κ3) is 4.42. The SMILES string of the molecule is CNC(C)CCCCN1CCCC1C(C)C. The van der Waals surface area contributed by atoms with Gasteiger partial charge in [-0.3, -0.25) is 0 Å². The zero-order valence-corrected chi connectivity index (χ0v) is 11.6. The normalized spacial score (nSPS) is 24.2. The van der Waals surface area contributed by atoms with E-state index in [1.54, 1.807) is 0 Å². The summed E-state index contributed by atoms with van der Waals surface area (Å²) < 4.78 is 0. The molecule has 0 saturated carbocycles. The van der Waals surface area contributed by atoms with Crippen LogP contribution in [-0.2, 0) is 0 Å². The van der Waals surface area contributed by atoms with Crippen LogP contribution in [0.25, 0.3) is 0 Å². The minimum Gasteiger partial charge on any atom is -0.317 e. The van der Waals surface area contributed by atoms with E-state index in [1.807, 2.05) is 0 Å². The molecule has 0 aliphatic carbocycles. The third-order valence-electron chi connectivity index (χ3n) is 4.01. The number of nitrogens with one attached hydrogen (secondary N) is 1. The van der Waals surface area contributed by atoms with Gasteiger partial charge >= 0.3 is 0 Å². The molecule has 96 valence electrons. The van der Waals surface area contributed by atoms with Crippen LogP contribution in [0.15, 0.2) is 0 Å². The highest BCUT2D eigenvalue weighted by atomic mass is 15.2. The fourth-order valence-corrected chi connectivity index (χ4v) is 2.79. The van der Waals surface area contributed by atoms with Crippen molar-refractivity contribution in [2.24, 2.45) is 5.92 Å². The number of hydrogen-bond donors (Lipinski definition) is 1. The second-order valence-corrected chi connectivity index (χ2v) is 5.68. The van der Waals surface area contributed by atoms with E-state index in [9.17, 15) is 0 Å². The van der Waals surface area contributed by atoms with Crippen molar-refractivity contribution >= 4 is 0 Å². The topological polar surface area (TPSA) is 15.3 Å². The molecular formula is C14H30N2. The Bertz CT molecular complexity index is 180. The molecule has 0 amide bonds. The number of rotatable bonds is 7. The number of unbranched alkanes of at least 4 members (excludes halogenated alkanes) is 1. The summed E-state index contributed by atoms with van der Waals surface area (Å²) in [6, 6.07) is 1.54. The van der Waals surface area contributed by atoms with Crippen molar-refractivity contribution in [3.63, 3.8) is 0 Å². The van der Waals surface area contributed by atoms with Gasteiger partial charge < -0.3 is 10.2 Å². The highest BCUT2D eigenvalue weighted by molar-refractivity contribution is 4.81. The number of hydrogen-bond acceptors (Lipinski definition) is 2. The van der Waals surface area contributed by atoms with E-state index in [2.05, 4.69) is 38.0 Å². The zero-order valence-electron chi connectivity index (χ0n) is 11.6. The maximum atomic E-state index is 3.31. The molecule has 1 aliphatic heterocycles. The Morgan fingerprint density at radius 3 is 2.62 bits per heavy atom. The van der Waals surface area contributed by atoms with Crippen molar-refractivity contribution in [1.82, 2.24) is 10.2 Å². The van der Waals surface area contributed by atoms with Gasteiger partial charge in [0.2, 0.25) is 0 Å². The van der Waals surface area contributed by atoms with Gasteiger partial charge in [0.1, 0.15) is 0 Å². The fraction of sp³-hybridized carbons (Fsp3) is 1.00. The predicted molar refractivity (Wildman–Crippen MR) is 71.8 cm³/mol. The Kier molecular flexibility index (Phi) is 6.37. The minimum atomic E-state index is 0.680. The molecule has 0 aromatic carbocycles. The molecule has 0 aromatic heterocycles. The number of likely N-dealkylation sites (tertiary alicyclic amines) is 1. The van der Waals surface area contributed by atoms with Crippen molar-refractivity contribution in [3.8, 4) is 0 Å². The lowest BCUT2D eigenvalue weighted by molar-refractivity contribution is 0.202. The highest BCUT2D eigenvalue weighted by Gasteiger charge is 2.25. The van der Waals surface area contributed by atoms with Crippen LogP contribution in [-0.4, -0.2) is 37.1 Å². The summed E-state index contributed by atoms with van der Waals surface area (Å²) in [5.74, 6) is 0.832. The van der Waals surface area contributed by atoms with Crippen molar-refractivity contribution in [1.29, 1.82) is 0 Å². The molecular weight excluding hydrogens is 196 g/mol. The van der Waals surface area contributed by atoms with Crippen LogP contribution in [0, 0.1) is 5.92 Å². The molecule has 0 radical (unpaired) electrons. The first-order chi connectivity index (χ1) is 7.65. The molecule has 1 rings (SSSR count). The van der Waals surface area contributed by atoms with Crippen LogP contribution >= 0.6 is 0 Å². The summed E-state index contributed by atoms with van der Waals surface area (Å²) in [4.78, 5) is 2.72. The van der Waals surface area contributed by atoms with E-state index in [0.29, 0.717) is 6.04 Å². The van der Waals surface area contributed by atoms with E-state index in [-0.39, 0.29) is 0 Å². The van der Waals surface area contributed by atoms with Crippen LogP contribution in [0.1, 0.15) is 52.9 Å². The van der Waals surface area contributed by atoms with Crippen LogP contribution < -0.4 is 5.32 Å². The molecule has 0 aromatic rings.